The molecule has 18 heavy (non-hydrogen) atoms. The molecule has 1 fully saturated rings. The van der Waals surface area contributed by atoms with Crippen LogP contribution in [0.25, 0.3) is 0 Å². The third-order valence-electron chi connectivity index (χ3n) is 4.29. The molecular weight excluding hydrogens is 220 g/mol. The van der Waals surface area contributed by atoms with Gasteiger partial charge in [0, 0.05) is 24.8 Å². The Labute approximate surface area is 111 Å². The van der Waals surface area contributed by atoms with Crippen LogP contribution < -0.4 is 10.2 Å². The van der Waals surface area contributed by atoms with Crippen LogP contribution in [0.1, 0.15) is 31.4 Å². The summed E-state index contributed by atoms with van der Waals surface area (Å²) in [4.78, 5) is 2.56. The van der Waals surface area contributed by atoms with E-state index >= 15 is 0 Å². The molecule has 1 N–H and O–H groups in total. The molecule has 0 aromatic heterocycles. The molecule has 2 nitrogen and oxygen atoms in total. The van der Waals surface area contributed by atoms with E-state index in [1.807, 2.05) is 0 Å². The van der Waals surface area contributed by atoms with Crippen LogP contribution in [-0.2, 0) is 0 Å². The van der Waals surface area contributed by atoms with Gasteiger partial charge in [-0.1, -0.05) is 26.0 Å². The molecular formula is C16H26N2. The SMILES string of the molecule is CCNC1CCN(c2cccc(C)c2C)CC1C. The van der Waals surface area contributed by atoms with Crippen LogP contribution in [0.3, 0.4) is 0 Å². The summed E-state index contributed by atoms with van der Waals surface area (Å²) in [6.07, 6.45) is 1.25. The molecule has 0 amide bonds. The number of hydrogen-bond donors (Lipinski definition) is 1. The summed E-state index contributed by atoms with van der Waals surface area (Å²) in [5.74, 6) is 0.721. The van der Waals surface area contributed by atoms with Crippen LogP contribution >= 0.6 is 0 Å². The largest absolute Gasteiger partial charge is 0.371 e. The van der Waals surface area contributed by atoms with Crippen LogP contribution in [0.15, 0.2) is 18.2 Å². The van der Waals surface area contributed by atoms with Crippen molar-refractivity contribution < 1.29 is 0 Å². The summed E-state index contributed by atoms with van der Waals surface area (Å²) in [5.41, 5.74) is 4.26. The number of benzene rings is 1. The van der Waals surface area contributed by atoms with E-state index in [1.54, 1.807) is 0 Å². The van der Waals surface area contributed by atoms with Gasteiger partial charge in [-0.15, -0.1) is 0 Å². The lowest BCUT2D eigenvalue weighted by molar-refractivity contribution is 0.326. The molecule has 0 aliphatic carbocycles. The van der Waals surface area contributed by atoms with Gasteiger partial charge in [0.05, 0.1) is 0 Å². The van der Waals surface area contributed by atoms with E-state index in [0.29, 0.717) is 6.04 Å². The molecule has 1 aliphatic heterocycles. The number of piperidine rings is 1. The zero-order valence-electron chi connectivity index (χ0n) is 12.2. The Morgan fingerprint density at radius 1 is 1.33 bits per heavy atom. The Morgan fingerprint density at radius 2 is 2.11 bits per heavy atom. The van der Waals surface area contributed by atoms with Gasteiger partial charge in [0.25, 0.3) is 0 Å². The lowest BCUT2D eigenvalue weighted by atomic mass is 9.92. The van der Waals surface area contributed by atoms with Crippen molar-refractivity contribution in [2.75, 3.05) is 24.5 Å². The Morgan fingerprint density at radius 3 is 2.78 bits per heavy atom. The summed E-state index contributed by atoms with van der Waals surface area (Å²) < 4.78 is 0. The summed E-state index contributed by atoms with van der Waals surface area (Å²) >= 11 is 0. The van der Waals surface area contributed by atoms with Gasteiger partial charge in [-0.2, -0.15) is 0 Å². The molecule has 0 radical (unpaired) electrons. The first kappa shape index (κ1) is 13.4. The fraction of sp³-hybridized carbons (Fsp3) is 0.625. The minimum absolute atomic E-state index is 0.691. The summed E-state index contributed by atoms with van der Waals surface area (Å²) in [6.45, 7) is 12.4. The van der Waals surface area contributed by atoms with Crippen molar-refractivity contribution in [2.45, 2.75) is 40.2 Å². The number of rotatable bonds is 3. The van der Waals surface area contributed by atoms with Gasteiger partial charge in [-0.05, 0) is 49.9 Å². The highest BCUT2D eigenvalue weighted by molar-refractivity contribution is 5.56. The van der Waals surface area contributed by atoms with Crippen LogP contribution in [0.2, 0.25) is 0 Å². The Balaban J connectivity index is 2.10. The third-order valence-corrected chi connectivity index (χ3v) is 4.29. The first-order valence-electron chi connectivity index (χ1n) is 7.18. The highest BCUT2D eigenvalue weighted by Crippen LogP contribution is 2.27. The number of nitrogens with zero attached hydrogens (tertiary/aromatic N) is 1. The first-order valence-corrected chi connectivity index (χ1v) is 7.18. The van der Waals surface area contributed by atoms with Crippen LogP contribution in [0.4, 0.5) is 5.69 Å². The van der Waals surface area contributed by atoms with Crippen molar-refractivity contribution in [3.63, 3.8) is 0 Å². The van der Waals surface area contributed by atoms with Gasteiger partial charge < -0.3 is 10.2 Å². The van der Waals surface area contributed by atoms with E-state index in [-0.39, 0.29) is 0 Å². The molecule has 2 rings (SSSR count). The molecule has 2 atom stereocenters. The normalized spacial score (nSPS) is 24.3. The second-order valence-electron chi connectivity index (χ2n) is 5.60. The Hall–Kier alpha value is -1.02. The van der Waals surface area contributed by atoms with Crippen LogP contribution in [-0.4, -0.2) is 25.7 Å². The molecule has 0 spiro atoms. The van der Waals surface area contributed by atoms with E-state index in [2.05, 4.69) is 56.1 Å². The van der Waals surface area contributed by atoms with Crippen LogP contribution in [0.5, 0.6) is 0 Å². The topological polar surface area (TPSA) is 15.3 Å². The second kappa shape index (κ2) is 5.75. The van der Waals surface area contributed by atoms with E-state index in [1.165, 1.54) is 36.3 Å². The molecule has 1 aliphatic rings. The number of aryl methyl sites for hydroxylation is 1. The average Bonchev–Trinajstić information content (AvgIpc) is 2.35. The zero-order valence-corrected chi connectivity index (χ0v) is 12.2. The van der Waals surface area contributed by atoms with Gasteiger partial charge in [-0.25, -0.2) is 0 Å². The van der Waals surface area contributed by atoms with Gasteiger partial charge in [0.1, 0.15) is 0 Å². The monoisotopic (exact) mass is 246 g/mol. The van der Waals surface area contributed by atoms with Crippen molar-refractivity contribution >= 4 is 5.69 Å². The number of hydrogen-bond acceptors (Lipinski definition) is 2. The Kier molecular flexibility index (Phi) is 4.28. The van der Waals surface area contributed by atoms with Crippen molar-refractivity contribution in [2.24, 2.45) is 5.92 Å². The lowest BCUT2D eigenvalue weighted by Gasteiger charge is -2.39. The molecule has 0 saturated carbocycles. The second-order valence-corrected chi connectivity index (χ2v) is 5.60. The summed E-state index contributed by atoms with van der Waals surface area (Å²) in [5, 5.41) is 3.61. The quantitative estimate of drug-likeness (QED) is 0.881. The third kappa shape index (κ3) is 2.69. The van der Waals surface area contributed by atoms with Crippen molar-refractivity contribution in [1.82, 2.24) is 5.32 Å². The predicted molar refractivity (Wildman–Crippen MR) is 79.4 cm³/mol. The minimum atomic E-state index is 0.691. The lowest BCUT2D eigenvalue weighted by Crippen LogP contribution is -2.48. The first-order chi connectivity index (χ1) is 8.63. The summed E-state index contributed by atoms with van der Waals surface area (Å²) in [7, 11) is 0. The maximum Gasteiger partial charge on any atom is 0.0398 e. The minimum Gasteiger partial charge on any atom is -0.371 e. The van der Waals surface area contributed by atoms with Crippen molar-refractivity contribution in [3.8, 4) is 0 Å². The van der Waals surface area contributed by atoms with Gasteiger partial charge in [0.2, 0.25) is 0 Å². The van der Waals surface area contributed by atoms with Crippen LogP contribution in [0, 0.1) is 19.8 Å². The average molecular weight is 246 g/mol. The standard InChI is InChI=1S/C16H26N2/c1-5-17-15-9-10-18(11-13(15)3)16-8-6-7-12(2)14(16)4/h6-8,13,15,17H,5,9-11H2,1-4H3. The Bertz CT molecular complexity index is 400. The van der Waals surface area contributed by atoms with E-state index < -0.39 is 0 Å². The molecule has 1 aromatic carbocycles. The molecule has 1 aromatic rings. The van der Waals surface area contributed by atoms with Crippen molar-refractivity contribution in [3.05, 3.63) is 29.3 Å². The molecule has 2 heteroatoms. The fourth-order valence-corrected chi connectivity index (χ4v) is 3.01. The van der Waals surface area contributed by atoms with Gasteiger partial charge in [-0.3, -0.25) is 0 Å². The van der Waals surface area contributed by atoms with E-state index in [9.17, 15) is 0 Å². The predicted octanol–water partition coefficient (Wildman–Crippen LogP) is 3.13. The molecule has 100 valence electrons. The number of nitrogens with one attached hydrogen (secondary N) is 1. The molecule has 1 saturated heterocycles. The molecule has 1 heterocycles. The highest BCUT2D eigenvalue weighted by Gasteiger charge is 2.26. The number of anilines is 1. The maximum absolute atomic E-state index is 3.61. The maximum atomic E-state index is 3.61. The zero-order chi connectivity index (χ0) is 13.1. The highest BCUT2D eigenvalue weighted by atomic mass is 15.2. The van der Waals surface area contributed by atoms with Gasteiger partial charge in [0.15, 0.2) is 0 Å². The fourth-order valence-electron chi connectivity index (χ4n) is 3.01. The van der Waals surface area contributed by atoms with E-state index in [4.69, 9.17) is 0 Å². The molecule has 2 unspecified atom stereocenters. The van der Waals surface area contributed by atoms with Crippen molar-refractivity contribution in [1.29, 1.82) is 0 Å². The molecule has 0 bridgehead atoms. The summed E-state index contributed by atoms with van der Waals surface area (Å²) in [6, 6.07) is 7.34. The van der Waals surface area contributed by atoms with Gasteiger partial charge >= 0.3 is 0 Å². The smallest absolute Gasteiger partial charge is 0.0398 e. The van der Waals surface area contributed by atoms with E-state index in [0.717, 1.165) is 12.5 Å².